The van der Waals surface area contributed by atoms with Crippen molar-refractivity contribution in [3.05, 3.63) is 23.5 Å². The highest BCUT2D eigenvalue weighted by molar-refractivity contribution is 6.32. The molecule has 2 aromatic rings. The molecule has 0 saturated heterocycles. The van der Waals surface area contributed by atoms with E-state index in [1.54, 1.807) is 26.4 Å². The molecular formula is C16H22ClN5O2. The normalized spacial score (nSPS) is 10.4. The summed E-state index contributed by atoms with van der Waals surface area (Å²) in [4.78, 5) is 10.6. The summed E-state index contributed by atoms with van der Waals surface area (Å²) < 4.78 is 10.6. The molecule has 7 nitrogen and oxygen atoms in total. The van der Waals surface area contributed by atoms with Crippen LogP contribution in [0.5, 0.6) is 11.5 Å². The highest BCUT2D eigenvalue weighted by atomic mass is 35.5. The van der Waals surface area contributed by atoms with E-state index in [1.165, 1.54) is 6.33 Å². The van der Waals surface area contributed by atoms with E-state index >= 15 is 0 Å². The zero-order valence-electron chi connectivity index (χ0n) is 14.3. The molecule has 0 unspecified atom stereocenters. The Morgan fingerprint density at radius 1 is 1.12 bits per heavy atom. The predicted octanol–water partition coefficient (Wildman–Crippen LogP) is 3.32. The van der Waals surface area contributed by atoms with Crippen molar-refractivity contribution in [2.75, 3.05) is 43.3 Å². The number of nitrogens with two attached hydrogens (primary N) is 1. The van der Waals surface area contributed by atoms with Crippen LogP contribution in [0.1, 0.15) is 13.8 Å². The van der Waals surface area contributed by atoms with Crippen molar-refractivity contribution in [2.24, 2.45) is 0 Å². The molecule has 0 bridgehead atoms. The molecule has 0 amide bonds. The first-order valence-corrected chi connectivity index (χ1v) is 7.97. The Morgan fingerprint density at radius 2 is 1.79 bits per heavy atom. The summed E-state index contributed by atoms with van der Waals surface area (Å²) in [5, 5.41) is 3.62. The number of halogens is 1. The monoisotopic (exact) mass is 351 g/mol. The molecule has 0 radical (unpaired) electrons. The first-order valence-electron chi connectivity index (χ1n) is 7.59. The van der Waals surface area contributed by atoms with E-state index in [-0.39, 0.29) is 0 Å². The van der Waals surface area contributed by atoms with E-state index in [0.717, 1.165) is 13.1 Å². The van der Waals surface area contributed by atoms with Gasteiger partial charge in [-0.2, -0.15) is 0 Å². The molecule has 1 aromatic heterocycles. The Bertz CT molecular complexity index is 707. The van der Waals surface area contributed by atoms with Crippen LogP contribution in [-0.4, -0.2) is 37.3 Å². The van der Waals surface area contributed by atoms with Gasteiger partial charge in [0.15, 0.2) is 11.6 Å². The zero-order valence-corrected chi connectivity index (χ0v) is 15.0. The van der Waals surface area contributed by atoms with Crippen LogP contribution < -0.4 is 25.4 Å². The minimum absolute atomic E-state index is 0.456. The predicted molar refractivity (Wildman–Crippen MR) is 97.8 cm³/mol. The van der Waals surface area contributed by atoms with Crippen LogP contribution >= 0.6 is 11.6 Å². The molecule has 0 aliphatic carbocycles. The van der Waals surface area contributed by atoms with Gasteiger partial charge in [0.25, 0.3) is 0 Å². The maximum absolute atomic E-state index is 6.24. The molecule has 24 heavy (non-hydrogen) atoms. The Labute approximate surface area is 146 Å². The topological polar surface area (TPSA) is 85.5 Å². The van der Waals surface area contributed by atoms with Crippen LogP contribution in [0.15, 0.2) is 18.5 Å². The summed E-state index contributed by atoms with van der Waals surface area (Å²) >= 11 is 6.20. The first kappa shape index (κ1) is 17.9. The summed E-state index contributed by atoms with van der Waals surface area (Å²) in [6.45, 7) is 5.69. The van der Waals surface area contributed by atoms with Gasteiger partial charge in [0.1, 0.15) is 23.5 Å². The van der Waals surface area contributed by atoms with Gasteiger partial charge in [-0.25, -0.2) is 9.97 Å². The first-order chi connectivity index (χ1) is 11.5. The van der Waals surface area contributed by atoms with Crippen molar-refractivity contribution >= 4 is 34.6 Å². The SMILES string of the molecule is CCN(CC)c1ncnc(Nc2cc(Cl)c(OC)cc2OC)c1N. The van der Waals surface area contributed by atoms with Gasteiger partial charge >= 0.3 is 0 Å². The van der Waals surface area contributed by atoms with Gasteiger partial charge in [-0.15, -0.1) is 0 Å². The van der Waals surface area contributed by atoms with Crippen molar-refractivity contribution < 1.29 is 9.47 Å². The lowest BCUT2D eigenvalue weighted by molar-refractivity contribution is 0.396. The average molecular weight is 352 g/mol. The van der Waals surface area contributed by atoms with Crippen molar-refractivity contribution in [3.8, 4) is 11.5 Å². The lowest BCUT2D eigenvalue weighted by Crippen LogP contribution is -2.24. The van der Waals surface area contributed by atoms with Gasteiger partial charge in [-0.1, -0.05) is 11.6 Å². The number of benzene rings is 1. The van der Waals surface area contributed by atoms with Crippen LogP contribution in [0.25, 0.3) is 0 Å². The highest BCUT2D eigenvalue weighted by Crippen LogP contribution is 2.38. The summed E-state index contributed by atoms with van der Waals surface area (Å²) in [5.41, 5.74) is 7.35. The summed E-state index contributed by atoms with van der Waals surface area (Å²) in [6, 6.07) is 3.41. The third-order valence-electron chi connectivity index (χ3n) is 3.65. The van der Waals surface area contributed by atoms with E-state index < -0.39 is 0 Å². The third-order valence-corrected chi connectivity index (χ3v) is 3.95. The molecule has 0 atom stereocenters. The fourth-order valence-electron chi connectivity index (χ4n) is 2.35. The quantitative estimate of drug-likeness (QED) is 0.791. The third kappa shape index (κ3) is 3.56. The number of nitrogens with zero attached hydrogens (tertiary/aromatic N) is 3. The van der Waals surface area contributed by atoms with Crippen LogP contribution in [0.4, 0.5) is 23.0 Å². The van der Waals surface area contributed by atoms with Crippen LogP contribution in [0.3, 0.4) is 0 Å². The largest absolute Gasteiger partial charge is 0.495 e. The molecule has 1 heterocycles. The van der Waals surface area contributed by atoms with E-state index in [4.69, 9.17) is 26.8 Å². The van der Waals surface area contributed by atoms with E-state index in [0.29, 0.717) is 39.5 Å². The van der Waals surface area contributed by atoms with Crippen LogP contribution in [-0.2, 0) is 0 Å². The Hall–Kier alpha value is -2.41. The van der Waals surface area contributed by atoms with Gasteiger partial charge in [-0.05, 0) is 19.9 Å². The summed E-state index contributed by atoms with van der Waals surface area (Å²) in [5.74, 6) is 2.28. The molecule has 130 valence electrons. The van der Waals surface area contributed by atoms with E-state index in [9.17, 15) is 0 Å². The fourth-order valence-corrected chi connectivity index (χ4v) is 2.59. The second-order valence-corrected chi connectivity index (χ2v) is 5.35. The maximum Gasteiger partial charge on any atom is 0.159 e. The van der Waals surface area contributed by atoms with E-state index in [2.05, 4.69) is 20.2 Å². The molecule has 0 aliphatic heterocycles. The van der Waals surface area contributed by atoms with E-state index in [1.807, 2.05) is 13.8 Å². The summed E-state index contributed by atoms with van der Waals surface area (Å²) in [6.07, 6.45) is 1.48. The molecule has 0 aliphatic rings. The number of methoxy groups -OCH3 is 2. The number of anilines is 4. The molecule has 0 spiro atoms. The van der Waals surface area contributed by atoms with Gasteiger partial charge in [-0.3, -0.25) is 0 Å². The number of aromatic nitrogens is 2. The molecule has 0 saturated carbocycles. The lowest BCUT2D eigenvalue weighted by atomic mass is 10.2. The zero-order chi connectivity index (χ0) is 17.7. The minimum atomic E-state index is 0.456. The van der Waals surface area contributed by atoms with Crippen LogP contribution in [0.2, 0.25) is 5.02 Å². The Balaban J connectivity index is 2.42. The van der Waals surface area contributed by atoms with Crippen molar-refractivity contribution in [2.45, 2.75) is 13.8 Å². The van der Waals surface area contributed by atoms with Crippen molar-refractivity contribution in [3.63, 3.8) is 0 Å². The fraction of sp³-hybridized carbons (Fsp3) is 0.375. The Kier molecular flexibility index (Phi) is 5.92. The van der Waals surface area contributed by atoms with Crippen molar-refractivity contribution in [1.82, 2.24) is 9.97 Å². The average Bonchev–Trinajstić information content (AvgIpc) is 2.59. The second-order valence-electron chi connectivity index (χ2n) is 4.94. The van der Waals surface area contributed by atoms with Crippen LogP contribution in [0, 0.1) is 0 Å². The number of hydrogen-bond acceptors (Lipinski definition) is 7. The number of hydrogen-bond donors (Lipinski definition) is 2. The lowest BCUT2D eigenvalue weighted by Gasteiger charge is -2.22. The smallest absolute Gasteiger partial charge is 0.159 e. The standard InChI is InChI=1S/C16H22ClN5O2/c1-5-22(6-2)16-14(18)15(19-9-20-16)21-11-7-10(17)12(23-3)8-13(11)24-4/h7-9H,5-6,18H2,1-4H3,(H,19,20,21). The molecule has 1 aromatic carbocycles. The van der Waals surface area contributed by atoms with Gasteiger partial charge < -0.3 is 25.4 Å². The molecule has 8 heteroatoms. The number of rotatable bonds is 7. The maximum atomic E-state index is 6.24. The molecule has 0 fully saturated rings. The minimum Gasteiger partial charge on any atom is -0.495 e. The number of ether oxygens (including phenoxy) is 2. The van der Waals surface area contributed by atoms with Gasteiger partial charge in [0.2, 0.25) is 0 Å². The Morgan fingerprint density at radius 3 is 2.38 bits per heavy atom. The second kappa shape index (κ2) is 7.92. The molecular weight excluding hydrogens is 330 g/mol. The number of nitrogens with one attached hydrogen (secondary N) is 1. The number of nitrogen functional groups attached to an aromatic ring is 1. The van der Waals surface area contributed by atoms with Gasteiger partial charge in [0.05, 0.1) is 24.9 Å². The summed E-state index contributed by atoms with van der Waals surface area (Å²) in [7, 11) is 3.12. The van der Waals surface area contributed by atoms with Gasteiger partial charge in [0, 0.05) is 19.2 Å². The molecule has 2 rings (SSSR count). The highest BCUT2D eigenvalue weighted by Gasteiger charge is 2.16. The van der Waals surface area contributed by atoms with Crippen molar-refractivity contribution in [1.29, 1.82) is 0 Å². The molecule has 3 N–H and O–H groups in total.